The Morgan fingerprint density at radius 3 is 1.40 bits per heavy atom. The van der Waals surface area contributed by atoms with E-state index >= 15 is 0 Å². The third kappa shape index (κ3) is 19.0. The molecule has 98 valence electrons. The van der Waals surface area contributed by atoms with E-state index < -0.39 is 5.69 Å². The van der Waals surface area contributed by atoms with E-state index in [0.717, 1.165) is 0 Å². The average molecular weight is 238 g/mol. The molecular weight excluding hydrogens is 220 g/mol. The fourth-order valence-corrected chi connectivity index (χ4v) is 0.383. The molecule has 0 radical (unpaired) electrons. The summed E-state index contributed by atoms with van der Waals surface area (Å²) in [6.45, 7) is 0. The van der Waals surface area contributed by atoms with E-state index in [1.165, 1.54) is 12.3 Å². The topological polar surface area (TPSA) is 286 Å². The van der Waals surface area contributed by atoms with Crippen LogP contribution < -0.4 is 11.2 Å². The highest BCUT2D eigenvalue weighted by atomic mass is 16.2. The lowest BCUT2D eigenvalue weighted by Gasteiger charge is -1.75. The molecule has 0 aliphatic rings. The first-order valence-corrected chi connectivity index (χ1v) is 2.07. The van der Waals surface area contributed by atoms with Crippen LogP contribution in [0.1, 0.15) is 0 Å². The van der Waals surface area contributed by atoms with Crippen LogP contribution >= 0.6 is 0 Å². The summed E-state index contributed by atoms with van der Waals surface area (Å²) in [5.41, 5.74) is -0.855. The molecule has 0 atom stereocenters. The standard InChI is InChI=1S/C4H4N2O2.7H2O/c7-3-1-2-5-4(8)6-3;;;;;;;/h1-2H,(H2,5,6,7,8);7*1H2. The van der Waals surface area contributed by atoms with Gasteiger partial charge in [-0.2, -0.15) is 0 Å². The van der Waals surface area contributed by atoms with Crippen LogP contribution in [0.15, 0.2) is 21.9 Å². The number of nitrogens with one attached hydrogen (secondary N) is 2. The number of aromatic amines is 2. The van der Waals surface area contributed by atoms with Crippen LogP contribution in [-0.4, -0.2) is 48.3 Å². The van der Waals surface area contributed by atoms with E-state index in [-0.39, 0.29) is 43.9 Å². The maximum atomic E-state index is 10.2. The van der Waals surface area contributed by atoms with Crippen molar-refractivity contribution in [1.82, 2.24) is 9.97 Å². The van der Waals surface area contributed by atoms with Gasteiger partial charge in [0.2, 0.25) is 0 Å². The Hall–Kier alpha value is -1.60. The highest BCUT2D eigenvalue weighted by molar-refractivity contribution is 4.77. The summed E-state index contributed by atoms with van der Waals surface area (Å²) < 4.78 is 0. The molecule has 0 unspecified atom stereocenters. The Bertz CT molecular complexity index is 254. The summed E-state index contributed by atoms with van der Waals surface area (Å²) >= 11 is 0. The maximum Gasteiger partial charge on any atom is 0.325 e. The van der Waals surface area contributed by atoms with Crippen LogP contribution in [0.3, 0.4) is 0 Å². The molecule has 0 fully saturated rings. The van der Waals surface area contributed by atoms with Gasteiger partial charge in [-0.05, 0) is 0 Å². The average Bonchev–Trinajstić information content (AvgIpc) is 1.64. The quantitative estimate of drug-likeness (QED) is 0.445. The molecule has 0 spiro atoms. The van der Waals surface area contributed by atoms with Crippen molar-refractivity contribution in [3.8, 4) is 0 Å². The number of hydrogen-bond donors (Lipinski definition) is 2. The fraction of sp³-hybridized carbons (Fsp3) is 0. The van der Waals surface area contributed by atoms with Crippen molar-refractivity contribution in [1.29, 1.82) is 0 Å². The van der Waals surface area contributed by atoms with Crippen molar-refractivity contribution < 1.29 is 38.3 Å². The van der Waals surface area contributed by atoms with Gasteiger partial charge in [0.15, 0.2) is 0 Å². The van der Waals surface area contributed by atoms with Crippen molar-refractivity contribution in [2.75, 3.05) is 0 Å². The van der Waals surface area contributed by atoms with Gasteiger partial charge in [-0.15, -0.1) is 0 Å². The van der Waals surface area contributed by atoms with E-state index in [1.54, 1.807) is 0 Å². The first-order chi connectivity index (χ1) is 3.79. The first-order valence-electron chi connectivity index (χ1n) is 2.07. The Balaban J connectivity index is -0.0000000183. The van der Waals surface area contributed by atoms with Gasteiger partial charge in [0.05, 0.1) is 0 Å². The predicted molar refractivity (Wildman–Crippen MR) is 53.0 cm³/mol. The molecule has 15 heavy (non-hydrogen) atoms. The van der Waals surface area contributed by atoms with Gasteiger partial charge in [0.1, 0.15) is 0 Å². The first kappa shape index (κ1) is 50.3. The molecule has 0 saturated carbocycles. The number of rotatable bonds is 0. The zero-order chi connectivity index (χ0) is 5.98. The van der Waals surface area contributed by atoms with E-state index in [4.69, 9.17) is 0 Å². The number of aromatic nitrogens is 2. The van der Waals surface area contributed by atoms with Crippen LogP contribution in [-0.2, 0) is 0 Å². The van der Waals surface area contributed by atoms with Crippen molar-refractivity contribution >= 4 is 0 Å². The third-order valence-corrected chi connectivity index (χ3v) is 0.686. The van der Waals surface area contributed by atoms with Crippen molar-refractivity contribution in [3.63, 3.8) is 0 Å². The third-order valence-electron chi connectivity index (χ3n) is 0.686. The molecule has 11 nitrogen and oxygen atoms in total. The molecular formula is C4H18N2O9. The van der Waals surface area contributed by atoms with Crippen LogP contribution in [0.4, 0.5) is 0 Å². The smallest absolute Gasteiger partial charge is 0.325 e. The van der Waals surface area contributed by atoms with Gasteiger partial charge in [-0.25, -0.2) is 4.79 Å². The predicted octanol–water partition coefficient (Wildman–Crippen LogP) is -6.71. The van der Waals surface area contributed by atoms with Gasteiger partial charge in [-0.1, -0.05) is 0 Å². The SMILES string of the molecule is O.O.O.O.O.O.O.O=c1cc[nH]c(=O)[nH]1. The molecule has 0 amide bonds. The van der Waals surface area contributed by atoms with Crippen molar-refractivity contribution in [3.05, 3.63) is 33.1 Å². The molecule has 0 aliphatic carbocycles. The molecule has 16 N–H and O–H groups in total. The molecule has 1 aromatic heterocycles. The highest BCUT2D eigenvalue weighted by Crippen LogP contribution is 1.51. The molecule has 0 saturated heterocycles. The largest absolute Gasteiger partial charge is 0.412 e. The summed E-state index contributed by atoms with van der Waals surface area (Å²) in [4.78, 5) is 24.7. The van der Waals surface area contributed by atoms with Crippen molar-refractivity contribution in [2.45, 2.75) is 0 Å². The summed E-state index contributed by atoms with van der Waals surface area (Å²) in [7, 11) is 0. The maximum absolute atomic E-state index is 10.2. The number of H-pyrrole nitrogens is 2. The zero-order valence-corrected chi connectivity index (χ0v) is 7.47. The second kappa shape index (κ2) is 22.8. The Labute approximate surface area is 82.6 Å². The van der Waals surface area contributed by atoms with Gasteiger partial charge in [0.25, 0.3) is 5.56 Å². The second-order valence-corrected chi connectivity index (χ2v) is 1.30. The molecule has 0 bridgehead atoms. The molecule has 1 rings (SSSR count). The minimum Gasteiger partial charge on any atom is -0.412 e. The monoisotopic (exact) mass is 238 g/mol. The van der Waals surface area contributed by atoms with Gasteiger partial charge < -0.3 is 43.3 Å². The molecule has 1 heterocycles. The lowest BCUT2D eigenvalue weighted by atomic mass is 10.7. The summed E-state index contributed by atoms with van der Waals surface area (Å²) in [5, 5.41) is 0. The van der Waals surface area contributed by atoms with E-state index in [1.807, 2.05) is 4.98 Å². The minimum atomic E-state index is -0.475. The Morgan fingerprint density at radius 2 is 1.20 bits per heavy atom. The lowest BCUT2D eigenvalue weighted by Crippen LogP contribution is -2.19. The summed E-state index contributed by atoms with van der Waals surface area (Å²) in [6.07, 6.45) is 1.29. The van der Waals surface area contributed by atoms with Crippen LogP contribution in [0.2, 0.25) is 0 Å². The molecule has 11 heteroatoms. The van der Waals surface area contributed by atoms with Gasteiger partial charge in [0, 0.05) is 12.3 Å². The Kier molecular flexibility index (Phi) is 76.6. The highest BCUT2D eigenvalue weighted by Gasteiger charge is 1.77. The summed E-state index contributed by atoms with van der Waals surface area (Å²) in [5.74, 6) is 0. The van der Waals surface area contributed by atoms with E-state index in [0.29, 0.717) is 0 Å². The molecule has 1 aromatic rings. The molecule has 0 aliphatic heterocycles. The molecule has 0 aromatic carbocycles. The van der Waals surface area contributed by atoms with E-state index in [9.17, 15) is 9.59 Å². The van der Waals surface area contributed by atoms with Crippen LogP contribution in [0.5, 0.6) is 0 Å². The van der Waals surface area contributed by atoms with Crippen molar-refractivity contribution in [2.24, 2.45) is 0 Å². The van der Waals surface area contributed by atoms with Gasteiger partial charge >= 0.3 is 5.69 Å². The number of hydrogen-bond acceptors (Lipinski definition) is 2. The van der Waals surface area contributed by atoms with Crippen LogP contribution in [0, 0.1) is 0 Å². The lowest BCUT2D eigenvalue weighted by molar-refractivity contribution is 0.823. The van der Waals surface area contributed by atoms with Crippen LogP contribution in [0.25, 0.3) is 0 Å². The summed E-state index contributed by atoms with van der Waals surface area (Å²) in [6, 6.07) is 1.24. The fourth-order valence-electron chi connectivity index (χ4n) is 0.383. The van der Waals surface area contributed by atoms with E-state index in [2.05, 4.69) is 4.98 Å². The van der Waals surface area contributed by atoms with Gasteiger partial charge in [-0.3, -0.25) is 9.78 Å². The Morgan fingerprint density at radius 1 is 0.800 bits per heavy atom. The zero-order valence-electron chi connectivity index (χ0n) is 7.47. The second-order valence-electron chi connectivity index (χ2n) is 1.30. The normalized spacial score (nSPS) is 4.80. The minimum absolute atomic E-state index is 0.